The van der Waals surface area contributed by atoms with Gasteiger partial charge < -0.3 is 24.6 Å². The van der Waals surface area contributed by atoms with Crippen LogP contribution in [0.3, 0.4) is 0 Å². The number of carbonyl (C=O) groups excluding carboxylic acids is 1. The highest BCUT2D eigenvalue weighted by Crippen LogP contribution is 2.16. The van der Waals surface area contributed by atoms with Gasteiger partial charge in [-0.1, -0.05) is 12.1 Å². The number of carboxylic acids is 1. The molecule has 0 atom stereocenters. The second kappa shape index (κ2) is 9.93. The Bertz CT molecular complexity index is 712. The zero-order chi connectivity index (χ0) is 18.8. The van der Waals surface area contributed by atoms with Gasteiger partial charge >= 0.3 is 5.97 Å². The summed E-state index contributed by atoms with van der Waals surface area (Å²) in [6.45, 7) is 0.0397. The van der Waals surface area contributed by atoms with Gasteiger partial charge in [-0.3, -0.25) is 4.79 Å². The average molecular weight is 359 g/mol. The van der Waals surface area contributed by atoms with Crippen molar-refractivity contribution >= 4 is 11.9 Å². The number of ether oxygens (including phenoxy) is 3. The highest BCUT2D eigenvalue weighted by molar-refractivity contribution is 5.77. The molecular weight excluding hydrogens is 338 g/mol. The SMILES string of the molecule is COc1ccc(OCC(=O)NCCc2ccc(OCC(=O)O)cc2)cc1. The van der Waals surface area contributed by atoms with Crippen molar-refractivity contribution in [3.63, 3.8) is 0 Å². The Morgan fingerprint density at radius 2 is 1.42 bits per heavy atom. The molecule has 1 amide bonds. The van der Waals surface area contributed by atoms with Crippen LogP contribution in [-0.2, 0) is 16.0 Å². The summed E-state index contributed by atoms with van der Waals surface area (Å²) in [6, 6.07) is 14.1. The first kappa shape index (κ1) is 19.1. The van der Waals surface area contributed by atoms with E-state index in [9.17, 15) is 9.59 Å². The first-order chi connectivity index (χ1) is 12.6. The lowest BCUT2D eigenvalue weighted by atomic mass is 10.1. The van der Waals surface area contributed by atoms with Crippen molar-refractivity contribution in [3.05, 3.63) is 54.1 Å². The van der Waals surface area contributed by atoms with Crippen molar-refractivity contribution in [1.82, 2.24) is 5.32 Å². The zero-order valence-electron chi connectivity index (χ0n) is 14.4. The standard InChI is InChI=1S/C19H21NO6/c1-24-15-6-8-17(9-7-15)25-12-18(21)20-11-10-14-2-4-16(5-3-14)26-13-19(22)23/h2-9H,10-13H2,1H3,(H,20,21)(H,22,23). The van der Waals surface area contributed by atoms with Gasteiger partial charge in [0.25, 0.3) is 5.91 Å². The second-order valence-corrected chi connectivity index (χ2v) is 5.39. The summed E-state index contributed by atoms with van der Waals surface area (Å²) < 4.78 is 15.5. The molecule has 0 radical (unpaired) electrons. The lowest BCUT2D eigenvalue weighted by Crippen LogP contribution is -2.30. The Balaban J connectivity index is 1.66. The molecule has 138 valence electrons. The molecule has 0 saturated heterocycles. The van der Waals surface area contributed by atoms with Crippen LogP contribution in [0.4, 0.5) is 0 Å². The fourth-order valence-corrected chi connectivity index (χ4v) is 2.12. The monoisotopic (exact) mass is 359 g/mol. The average Bonchev–Trinajstić information content (AvgIpc) is 2.66. The number of carboxylic acid groups (broad SMARTS) is 1. The zero-order valence-corrected chi connectivity index (χ0v) is 14.4. The van der Waals surface area contributed by atoms with Crippen LogP contribution in [0.25, 0.3) is 0 Å². The largest absolute Gasteiger partial charge is 0.497 e. The third kappa shape index (κ3) is 6.72. The highest BCUT2D eigenvalue weighted by atomic mass is 16.5. The Morgan fingerprint density at radius 1 is 0.885 bits per heavy atom. The number of benzene rings is 2. The lowest BCUT2D eigenvalue weighted by Gasteiger charge is -2.09. The van der Waals surface area contributed by atoms with Gasteiger partial charge in [0.15, 0.2) is 13.2 Å². The van der Waals surface area contributed by atoms with E-state index in [0.29, 0.717) is 24.5 Å². The van der Waals surface area contributed by atoms with Gasteiger partial charge in [-0.2, -0.15) is 0 Å². The molecule has 0 aromatic heterocycles. The molecule has 0 saturated carbocycles. The van der Waals surface area contributed by atoms with Crippen molar-refractivity contribution in [1.29, 1.82) is 0 Å². The van der Waals surface area contributed by atoms with Crippen molar-refractivity contribution in [2.75, 3.05) is 26.9 Å². The molecule has 2 rings (SSSR count). The Kier molecular flexibility index (Phi) is 7.30. The van der Waals surface area contributed by atoms with Crippen molar-refractivity contribution in [3.8, 4) is 17.2 Å². The van der Waals surface area contributed by atoms with E-state index in [2.05, 4.69) is 5.32 Å². The minimum absolute atomic E-state index is 0.0612. The van der Waals surface area contributed by atoms with Gasteiger partial charge in [0.05, 0.1) is 7.11 Å². The second-order valence-electron chi connectivity index (χ2n) is 5.39. The van der Waals surface area contributed by atoms with E-state index in [1.165, 1.54) is 0 Å². The normalized spacial score (nSPS) is 10.0. The predicted octanol–water partition coefficient (Wildman–Crippen LogP) is 1.90. The summed E-state index contributed by atoms with van der Waals surface area (Å²) >= 11 is 0. The molecule has 0 unspecified atom stereocenters. The van der Waals surface area contributed by atoms with E-state index >= 15 is 0 Å². The van der Waals surface area contributed by atoms with Crippen LogP contribution in [0.1, 0.15) is 5.56 Å². The van der Waals surface area contributed by atoms with Crippen molar-refractivity contribution in [2.24, 2.45) is 0 Å². The van der Waals surface area contributed by atoms with E-state index in [4.69, 9.17) is 19.3 Å². The molecule has 0 heterocycles. The molecule has 7 heteroatoms. The maximum atomic E-state index is 11.8. The summed E-state index contributed by atoms with van der Waals surface area (Å²) in [5, 5.41) is 11.3. The van der Waals surface area contributed by atoms with Crippen LogP contribution in [-0.4, -0.2) is 43.9 Å². The first-order valence-corrected chi connectivity index (χ1v) is 8.04. The molecule has 0 fully saturated rings. The molecule has 0 bridgehead atoms. The van der Waals surface area contributed by atoms with E-state index in [1.54, 1.807) is 43.5 Å². The van der Waals surface area contributed by atoms with E-state index in [1.807, 2.05) is 12.1 Å². The van der Waals surface area contributed by atoms with E-state index in [0.717, 1.165) is 11.3 Å². The highest BCUT2D eigenvalue weighted by Gasteiger charge is 2.04. The van der Waals surface area contributed by atoms with Crippen LogP contribution >= 0.6 is 0 Å². The number of rotatable bonds is 10. The summed E-state index contributed by atoms with van der Waals surface area (Å²) in [4.78, 5) is 22.2. The van der Waals surface area contributed by atoms with Crippen molar-refractivity contribution in [2.45, 2.75) is 6.42 Å². The van der Waals surface area contributed by atoms with Crippen LogP contribution in [0.15, 0.2) is 48.5 Å². The number of hydrogen-bond donors (Lipinski definition) is 2. The minimum atomic E-state index is -1.02. The number of nitrogens with one attached hydrogen (secondary N) is 1. The molecule has 26 heavy (non-hydrogen) atoms. The predicted molar refractivity (Wildman–Crippen MR) is 94.8 cm³/mol. The summed E-state index contributed by atoms with van der Waals surface area (Å²) in [7, 11) is 1.58. The molecule has 2 aromatic carbocycles. The van der Waals surface area contributed by atoms with E-state index < -0.39 is 5.97 Å². The van der Waals surface area contributed by atoms with Gasteiger partial charge in [-0.05, 0) is 48.4 Å². The number of methoxy groups -OCH3 is 1. The van der Waals surface area contributed by atoms with E-state index in [-0.39, 0.29) is 19.1 Å². The Hall–Kier alpha value is -3.22. The van der Waals surface area contributed by atoms with Crippen LogP contribution in [0.2, 0.25) is 0 Å². The molecule has 0 spiro atoms. The molecule has 0 aliphatic heterocycles. The first-order valence-electron chi connectivity index (χ1n) is 8.04. The van der Waals surface area contributed by atoms with Crippen LogP contribution in [0.5, 0.6) is 17.2 Å². The molecule has 2 N–H and O–H groups in total. The summed E-state index contributed by atoms with van der Waals surface area (Å²) in [6.07, 6.45) is 0.646. The number of amides is 1. The molecular formula is C19H21NO6. The van der Waals surface area contributed by atoms with Gasteiger partial charge in [0.2, 0.25) is 0 Å². The van der Waals surface area contributed by atoms with Gasteiger partial charge in [0.1, 0.15) is 17.2 Å². The Morgan fingerprint density at radius 3 is 2.00 bits per heavy atom. The quantitative estimate of drug-likeness (QED) is 0.673. The van der Waals surface area contributed by atoms with Crippen LogP contribution < -0.4 is 19.5 Å². The molecule has 2 aromatic rings. The Labute approximate surface area is 151 Å². The third-order valence-corrected chi connectivity index (χ3v) is 3.45. The number of carbonyl (C=O) groups is 2. The van der Waals surface area contributed by atoms with Gasteiger partial charge in [-0.25, -0.2) is 4.79 Å². The molecule has 0 aliphatic carbocycles. The summed E-state index contributed by atoms with van der Waals surface area (Å²) in [5.41, 5.74) is 1.00. The molecule has 0 aliphatic rings. The fourth-order valence-electron chi connectivity index (χ4n) is 2.12. The topological polar surface area (TPSA) is 94.1 Å². The fraction of sp³-hybridized carbons (Fsp3) is 0.263. The lowest BCUT2D eigenvalue weighted by molar-refractivity contribution is -0.139. The minimum Gasteiger partial charge on any atom is -0.497 e. The number of hydrogen-bond acceptors (Lipinski definition) is 5. The van der Waals surface area contributed by atoms with Gasteiger partial charge in [-0.15, -0.1) is 0 Å². The maximum Gasteiger partial charge on any atom is 0.341 e. The summed E-state index contributed by atoms with van der Waals surface area (Å²) in [5.74, 6) is 0.586. The van der Waals surface area contributed by atoms with Gasteiger partial charge in [0, 0.05) is 6.54 Å². The van der Waals surface area contributed by atoms with Crippen molar-refractivity contribution < 1.29 is 28.9 Å². The van der Waals surface area contributed by atoms with Crippen LogP contribution in [0, 0.1) is 0 Å². The number of aliphatic carboxylic acids is 1. The smallest absolute Gasteiger partial charge is 0.341 e. The third-order valence-electron chi connectivity index (χ3n) is 3.45. The maximum absolute atomic E-state index is 11.8. The molecule has 7 nitrogen and oxygen atoms in total.